The molecule has 1 heterocycles. The number of rotatable bonds is 7. The first kappa shape index (κ1) is 18.1. The van der Waals surface area contributed by atoms with E-state index in [2.05, 4.69) is 13.2 Å². The molecule has 0 saturated heterocycles. The lowest BCUT2D eigenvalue weighted by Crippen LogP contribution is -2.35. The van der Waals surface area contributed by atoms with E-state index in [-0.39, 0.29) is 29.9 Å². The zero-order valence-electron chi connectivity index (χ0n) is 13.7. The molecule has 130 valence electrons. The van der Waals surface area contributed by atoms with Crippen LogP contribution < -0.4 is 0 Å². The first-order chi connectivity index (χ1) is 11.8. The molecule has 0 N–H and O–H groups in total. The Hall–Kier alpha value is -3.22. The quantitative estimate of drug-likeness (QED) is 0.426. The predicted molar refractivity (Wildman–Crippen MR) is 88.1 cm³/mol. The van der Waals surface area contributed by atoms with Crippen molar-refractivity contribution >= 4 is 23.8 Å². The van der Waals surface area contributed by atoms with E-state index in [0.717, 1.165) is 4.90 Å². The Kier molecular flexibility index (Phi) is 5.49. The number of esters is 2. The van der Waals surface area contributed by atoms with Crippen LogP contribution in [0, 0.1) is 0 Å². The third-order valence-corrected chi connectivity index (χ3v) is 3.31. The summed E-state index contributed by atoms with van der Waals surface area (Å²) in [5, 5.41) is 0. The standard InChI is InChI=1S/C18H17NO6/c1-4-7-24-18(23)12-5-6-13-14(8-12)17(22)19(16(13)21)9-15(20)25-10-11(2)3/h4-6,8H,1-2,7,9-10H2,3H3. The molecule has 1 aromatic rings. The van der Waals surface area contributed by atoms with Crippen LogP contribution in [-0.4, -0.2) is 48.4 Å². The molecular formula is C18H17NO6. The van der Waals surface area contributed by atoms with Crippen LogP contribution in [-0.2, 0) is 14.3 Å². The number of imide groups is 1. The summed E-state index contributed by atoms with van der Waals surface area (Å²) in [5.41, 5.74) is 0.940. The average molecular weight is 343 g/mol. The summed E-state index contributed by atoms with van der Waals surface area (Å²) in [6.45, 7) is 8.26. The van der Waals surface area contributed by atoms with E-state index in [4.69, 9.17) is 9.47 Å². The van der Waals surface area contributed by atoms with Gasteiger partial charge in [-0.25, -0.2) is 4.79 Å². The number of amides is 2. The van der Waals surface area contributed by atoms with Crippen molar-refractivity contribution in [1.82, 2.24) is 4.90 Å². The molecule has 0 aliphatic carbocycles. The Morgan fingerprint density at radius 1 is 1.16 bits per heavy atom. The first-order valence-electron chi connectivity index (χ1n) is 7.43. The van der Waals surface area contributed by atoms with Crippen LogP contribution in [0.2, 0.25) is 0 Å². The molecule has 0 saturated carbocycles. The molecule has 1 aliphatic rings. The van der Waals surface area contributed by atoms with E-state index in [1.165, 1.54) is 24.3 Å². The molecule has 7 nitrogen and oxygen atoms in total. The van der Waals surface area contributed by atoms with Crippen molar-refractivity contribution < 1.29 is 28.7 Å². The molecule has 1 aromatic carbocycles. The van der Waals surface area contributed by atoms with E-state index >= 15 is 0 Å². The van der Waals surface area contributed by atoms with Gasteiger partial charge in [0.2, 0.25) is 0 Å². The third-order valence-electron chi connectivity index (χ3n) is 3.31. The molecular weight excluding hydrogens is 326 g/mol. The minimum absolute atomic E-state index is 0.0152. The van der Waals surface area contributed by atoms with Crippen molar-refractivity contribution in [3.8, 4) is 0 Å². The Morgan fingerprint density at radius 2 is 1.84 bits per heavy atom. The molecule has 0 fully saturated rings. The maximum Gasteiger partial charge on any atom is 0.338 e. The molecule has 0 aromatic heterocycles. The van der Waals surface area contributed by atoms with Crippen molar-refractivity contribution in [3.63, 3.8) is 0 Å². The number of ether oxygens (including phenoxy) is 2. The second kappa shape index (κ2) is 7.57. The Labute approximate surface area is 144 Å². The predicted octanol–water partition coefficient (Wildman–Crippen LogP) is 1.74. The highest BCUT2D eigenvalue weighted by Gasteiger charge is 2.37. The van der Waals surface area contributed by atoms with E-state index < -0.39 is 30.3 Å². The van der Waals surface area contributed by atoms with E-state index in [9.17, 15) is 19.2 Å². The van der Waals surface area contributed by atoms with Crippen molar-refractivity contribution in [2.75, 3.05) is 19.8 Å². The molecule has 7 heteroatoms. The molecule has 2 amide bonds. The van der Waals surface area contributed by atoms with Gasteiger partial charge in [-0.2, -0.15) is 0 Å². The molecule has 0 radical (unpaired) electrons. The highest BCUT2D eigenvalue weighted by atomic mass is 16.5. The summed E-state index contributed by atoms with van der Waals surface area (Å²) in [4.78, 5) is 49.0. The number of carbonyl (C=O) groups is 4. The minimum Gasteiger partial charge on any atom is -0.460 e. The van der Waals surface area contributed by atoms with Gasteiger partial charge in [0.25, 0.3) is 11.8 Å². The molecule has 0 spiro atoms. The fourth-order valence-corrected chi connectivity index (χ4v) is 2.16. The maximum atomic E-state index is 12.4. The van der Waals surface area contributed by atoms with Gasteiger partial charge < -0.3 is 9.47 Å². The highest BCUT2D eigenvalue weighted by Crippen LogP contribution is 2.24. The number of nitrogens with zero attached hydrogens (tertiary/aromatic N) is 1. The summed E-state index contributed by atoms with van der Waals surface area (Å²) in [7, 11) is 0. The summed E-state index contributed by atoms with van der Waals surface area (Å²) in [6.07, 6.45) is 1.41. The summed E-state index contributed by atoms with van der Waals surface area (Å²) < 4.78 is 9.79. The number of hydrogen-bond acceptors (Lipinski definition) is 6. The van der Waals surface area contributed by atoms with Crippen molar-refractivity contribution in [1.29, 1.82) is 0 Å². The Bertz CT molecular complexity index is 780. The van der Waals surface area contributed by atoms with Gasteiger partial charge in [-0.3, -0.25) is 19.3 Å². The van der Waals surface area contributed by atoms with Crippen LogP contribution in [0.5, 0.6) is 0 Å². The van der Waals surface area contributed by atoms with Gasteiger partial charge in [0, 0.05) is 0 Å². The van der Waals surface area contributed by atoms with Crippen molar-refractivity contribution in [3.05, 3.63) is 59.7 Å². The summed E-state index contributed by atoms with van der Waals surface area (Å²) >= 11 is 0. The van der Waals surface area contributed by atoms with E-state index in [1.54, 1.807) is 6.92 Å². The van der Waals surface area contributed by atoms with Crippen LogP contribution in [0.1, 0.15) is 38.0 Å². The van der Waals surface area contributed by atoms with Crippen LogP contribution in [0.15, 0.2) is 43.0 Å². The summed E-state index contributed by atoms with van der Waals surface area (Å²) in [5.74, 6) is -2.63. The zero-order chi connectivity index (χ0) is 18.6. The van der Waals surface area contributed by atoms with Gasteiger partial charge in [0.05, 0.1) is 16.7 Å². The van der Waals surface area contributed by atoms with Crippen LogP contribution in [0.25, 0.3) is 0 Å². The lowest BCUT2D eigenvalue weighted by atomic mass is 10.1. The number of fused-ring (bicyclic) bond motifs is 1. The minimum atomic E-state index is -0.719. The van der Waals surface area contributed by atoms with Gasteiger partial charge in [0.15, 0.2) is 0 Å². The molecule has 0 bridgehead atoms. The van der Waals surface area contributed by atoms with Crippen LogP contribution in [0.3, 0.4) is 0 Å². The topological polar surface area (TPSA) is 90.0 Å². The van der Waals surface area contributed by atoms with E-state index in [0.29, 0.717) is 5.57 Å². The van der Waals surface area contributed by atoms with Gasteiger partial charge in [-0.05, 0) is 30.7 Å². The van der Waals surface area contributed by atoms with Gasteiger partial charge in [-0.15, -0.1) is 0 Å². The zero-order valence-corrected chi connectivity index (χ0v) is 13.7. The van der Waals surface area contributed by atoms with Crippen molar-refractivity contribution in [2.24, 2.45) is 0 Å². The third kappa shape index (κ3) is 4.00. The number of carbonyl (C=O) groups excluding carboxylic acids is 4. The van der Waals surface area contributed by atoms with Crippen molar-refractivity contribution in [2.45, 2.75) is 6.92 Å². The first-order valence-corrected chi connectivity index (χ1v) is 7.43. The number of hydrogen-bond donors (Lipinski definition) is 0. The molecule has 0 unspecified atom stereocenters. The lowest BCUT2D eigenvalue weighted by molar-refractivity contribution is -0.142. The van der Waals surface area contributed by atoms with Gasteiger partial charge >= 0.3 is 11.9 Å². The lowest BCUT2D eigenvalue weighted by Gasteiger charge is -2.12. The smallest absolute Gasteiger partial charge is 0.338 e. The van der Waals surface area contributed by atoms with E-state index in [1.807, 2.05) is 0 Å². The van der Waals surface area contributed by atoms with Crippen LogP contribution in [0.4, 0.5) is 0 Å². The highest BCUT2D eigenvalue weighted by molar-refractivity contribution is 6.22. The second-order valence-electron chi connectivity index (χ2n) is 5.46. The average Bonchev–Trinajstić information content (AvgIpc) is 2.82. The second-order valence-corrected chi connectivity index (χ2v) is 5.46. The molecule has 2 rings (SSSR count). The SMILES string of the molecule is C=CCOC(=O)c1ccc2c(c1)C(=O)N(CC(=O)OCC(=C)C)C2=O. The Balaban J connectivity index is 2.15. The normalized spacial score (nSPS) is 12.6. The Morgan fingerprint density at radius 3 is 2.48 bits per heavy atom. The fraction of sp³-hybridized carbons (Fsp3) is 0.222. The largest absolute Gasteiger partial charge is 0.460 e. The van der Waals surface area contributed by atoms with Gasteiger partial charge in [0.1, 0.15) is 19.8 Å². The maximum absolute atomic E-state index is 12.4. The van der Waals surface area contributed by atoms with Crippen LogP contribution >= 0.6 is 0 Å². The number of benzene rings is 1. The molecule has 25 heavy (non-hydrogen) atoms. The molecule has 0 atom stereocenters. The molecule has 1 aliphatic heterocycles. The monoisotopic (exact) mass is 343 g/mol. The fourth-order valence-electron chi connectivity index (χ4n) is 2.16. The van der Waals surface area contributed by atoms with Gasteiger partial charge in [-0.1, -0.05) is 19.2 Å². The summed E-state index contributed by atoms with van der Waals surface area (Å²) in [6, 6.07) is 4.03.